The molecular formula is C11H22N2O. The molecule has 0 N–H and O–H groups in total. The van der Waals surface area contributed by atoms with Gasteiger partial charge < -0.3 is 9.80 Å². The molecule has 0 saturated carbocycles. The predicted molar refractivity (Wildman–Crippen MR) is 58.1 cm³/mol. The first-order valence-corrected chi connectivity index (χ1v) is 5.47. The smallest absolute Gasteiger partial charge is 0.228 e. The van der Waals surface area contributed by atoms with Crippen molar-refractivity contribution in [3.05, 3.63) is 0 Å². The Morgan fingerprint density at radius 3 is 2.00 bits per heavy atom. The van der Waals surface area contributed by atoms with Gasteiger partial charge in [-0.3, -0.25) is 4.79 Å². The second-order valence-corrected chi connectivity index (χ2v) is 4.98. The molecule has 3 heteroatoms. The van der Waals surface area contributed by atoms with Crippen molar-refractivity contribution < 1.29 is 4.79 Å². The van der Waals surface area contributed by atoms with Crippen molar-refractivity contribution in [1.29, 1.82) is 0 Å². The fourth-order valence-electron chi connectivity index (χ4n) is 1.74. The largest absolute Gasteiger partial charge is 0.340 e. The molecule has 0 atom stereocenters. The summed E-state index contributed by atoms with van der Waals surface area (Å²) in [5.41, 5.74) is -0.228. The van der Waals surface area contributed by atoms with Crippen molar-refractivity contribution in [1.82, 2.24) is 9.80 Å². The maximum atomic E-state index is 11.9. The first-order chi connectivity index (χ1) is 6.45. The van der Waals surface area contributed by atoms with E-state index in [1.165, 1.54) is 0 Å². The molecule has 0 aromatic rings. The third-order valence-corrected chi connectivity index (χ3v) is 2.75. The second-order valence-electron chi connectivity index (χ2n) is 4.98. The van der Waals surface area contributed by atoms with E-state index in [9.17, 15) is 4.79 Å². The van der Waals surface area contributed by atoms with Crippen LogP contribution in [0.2, 0.25) is 0 Å². The van der Waals surface area contributed by atoms with Crippen molar-refractivity contribution in [2.24, 2.45) is 5.41 Å². The predicted octanol–water partition coefficient (Wildman–Crippen LogP) is 1.20. The van der Waals surface area contributed by atoms with Gasteiger partial charge in [-0.1, -0.05) is 27.7 Å². The van der Waals surface area contributed by atoms with E-state index >= 15 is 0 Å². The molecule has 0 unspecified atom stereocenters. The Labute approximate surface area is 87.1 Å². The van der Waals surface area contributed by atoms with Crippen LogP contribution in [0.25, 0.3) is 0 Å². The maximum absolute atomic E-state index is 11.9. The lowest BCUT2D eigenvalue weighted by molar-refractivity contribution is -0.141. The molecular weight excluding hydrogens is 176 g/mol. The van der Waals surface area contributed by atoms with E-state index in [0.717, 1.165) is 32.7 Å². The molecule has 1 aliphatic rings. The number of carbonyl (C=O) groups is 1. The molecule has 0 radical (unpaired) electrons. The Morgan fingerprint density at radius 2 is 1.64 bits per heavy atom. The standard InChI is InChI=1S/C11H22N2O/c1-5-12-6-8-13(9-7-12)10(14)11(2,3)4/h5-9H2,1-4H3. The fraction of sp³-hybridized carbons (Fsp3) is 0.909. The highest BCUT2D eigenvalue weighted by atomic mass is 16.2. The molecule has 1 saturated heterocycles. The number of hydrogen-bond acceptors (Lipinski definition) is 2. The van der Waals surface area contributed by atoms with Gasteiger partial charge >= 0.3 is 0 Å². The van der Waals surface area contributed by atoms with Crippen LogP contribution in [-0.4, -0.2) is 48.4 Å². The molecule has 1 heterocycles. The number of likely N-dealkylation sites (N-methyl/N-ethyl adjacent to an activating group) is 1. The minimum absolute atomic E-state index is 0.228. The van der Waals surface area contributed by atoms with E-state index in [0.29, 0.717) is 0 Å². The average molecular weight is 198 g/mol. The molecule has 1 rings (SSSR count). The van der Waals surface area contributed by atoms with Gasteiger partial charge in [0.05, 0.1) is 0 Å². The van der Waals surface area contributed by atoms with Gasteiger partial charge in [-0.15, -0.1) is 0 Å². The van der Waals surface area contributed by atoms with E-state index < -0.39 is 0 Å². The molecule has 0 aliphatic carbocycles. The number of amides is 1. The average Bonchev–Trinajstić information content (AvgIpc) is 2.15. The first-order valence-electron chi connectivity index (χ1n) is 5.47. The van der Waals surface area contributed by atoms with Crippen LogP contribution in [0.4, 0.5) is 0 Å². The van der Waals surface area contributed by atoms with Gasteiger partial charge in [0.25, 0.3) is 0 Å². The highest BCUT2D eigenvalue weighted by molar-refractivity contribution is 5.81. The Kier molecular flexibility index (Phi) is 3.53. The summed E-state index contributed by atoms with van der Waals surface area (Å²) in [5.74, 6) is 0.285. The molecule has 14 heavy (non-hydrogen) atoms. The van der Waals surface area contributed by atoms with Crippen LogP contribution in [0, 0.1) is 5.41 Å². The van der Waals surface area contributed by atoms with Gasteiger partial charge in [-0.25, -0.2) is 0 Å². The summed E-state index contributed by atoms with van der Waals surface area (Å²) < 4.78 is 0. The van der Waals surface area contributed by atoms with E-state index in [2.05, 4.69) is 11.8 Å². The van der Waals surface area contributed by atoms with Gasteiger partial charge in [0.1, 0.15) is 0 Å². The molecule has 1 fully saturated rings. The Morgan fingerprint density at radius 1 is 1.14 bits per heavy atom. The van der Waals surface area contributed by atoms with Crippen LogP contribution in [0.15, 0.2) is 0 Å². The van der Waals surface area contributed by atoms with Gasteiger partial charge in [0, 0.05) is 31.6 Å². The highest BCUT2D eigenvalue weighted by Gasteiger charge is 2.29. The molecule has 1 amide bonds. The zero-order chi connectivity index (χ0) is 10.8. The van der Waals surface area contributed by atoms with Crippen molar-refractivity contribution >= 4 is 5.91 Å². The molecule has 0 bridgehead atoms. The summed E-state index contributed by atoms with van der Waals surface area (Å²) in [6.07, 6.45) is 0. The molecule has 0 spiro atoms. The number of rotatable bonds is 1. The topological polar surface area (TPSA) is 23.6 Å². The Hall–Kier alpha value is -0.570. The van der Waals surface area contributed by atoms with Crippen molar-refractivity contribution in [2.45, 2.75) is 27.7 Å². The molecule has 0 aromatic heterocycles. The van der Waals surface area contributed by atoms with E-state index in [1.54, 1.807) is 0 Å². The van der Waals surface area contributed by atoms with Crippen LogP contribution in [0.5, 0.6) is 0 Å². The van der Waals surface area contributed by atoms with E-state index in [4.69, 9.17) is 0 Å². The van der Waals surface area contributed by atoms with Crippen LogP contribution < -0.4 is 0 Å². The lowest BCUT2D eigenvalue weighted by atomic mass is 9.94. The third-order valence-electron chi connectivity index (χ3n) is 2.75. The van der Waals surface area contributed by atoms with E-state index in [1.807, 2.05) is 25.7 Å². The lowest BCUT2D eigenvalue weighted by Crippen LogP contribution is -2.51. The maximum Gasteiger partial charge on any atom is 0.228 e. The SMILES string of the molecule is CCN1CCN(C(=O)C(C)(C)C)CC1. The molecule has 0 aromatic carbocycles. The molecule has 1 aliphatic heterocycles. The van der Waals surface area contributed by atoms with Crippen LogP contribution in [-0.2, 0) is 4.79 Å². The fourth-order valence-corrected chi connectivity index (χ4v) is 1.74. The summed E-state index contributed by atoms with van der Waals surface area (Å²) in [7, 11) is 0. The summed E-state index contributed by atoms with van der Waals surface area (Å²) >= 11 is 0. The summed E-state index contributed by atoms with van der Waals surface area (Å²) in [5, 5.41) is 0. The normalized spacial score (nSPS) is 19.9. The second kappa shape index (κ2) is 4.30. The zero-order valence-electron chi connectivity index (χ0n) is 9.84. The van der Waals surface area contributed by atoms with Gasteiger partial charge in [0.2, 0.25) is 5.91 Å². The lowest BCUT2D eigenvalue weighted by Gasteiger charge is -2.37. The molecule has 3 nitrogen and oxygen atoms in total. The summed E-state index contributed by atoms with van der Waals surface area (Å²) in [4.78, 5) is 16.3. The minimum atomic E-state index is -0.228. The number of piperazine rings is 1. The van der Waals surface area contributed by atoms with Crippen LogP contribution in [0.1, 0.15) is 27.7 Å². The Bertz CT molecular complexity index is 200. The number of nitrogens with zero attached hydrogens (tertiary/aromatic N) is 2. The Balaban J connectivity index is 2.46. The first kappa shape index (κ1) is 11.5. The van der Waals surface area contributed by atoms with Crippen molar-refractivity contribution in [2.75, 3.05) is 32.7 Å². The van der Waals surface area contributed by atoms with Crippen molar-refractivity contribution in [3.8, 4) is 0 Å². The van der Waals surface area contributed by atoms with Crippen LogP contribution >= 0.6 is 0 Å². The van der Waals surface area contributed by atoms with Gasteiger partial charge in [-0.05, 0) is 6.54 Å². The monoisotopic (exact) mass is 198 g/mol. The van der Waals surface area contributed by atoms with E-state index in [-0.39, 0.29) is 11.3 Å². The number of carbonyl (C=O) groups excluding carboxylic acids is 1. The highest BCUT2D eigenvalue weighted by Crippen LogP contribution is 2.18. The molecule has 82 valence electrons. The van der Waals surface area contributed by atoms with Gasteiger partial charge in [-0.2, -0.15) is 0 Å². The quantitative estimate of drug-likeness (QED) is 0.632. The summed E-state index contributed by atoms with van der Waals surface area (Å²) in [6.45, 7) is 13.1. The van der Waals surface area contributed by atoms with Gasteiger partial charge in [0.15, 0.2) is 0 Å². The van der Waals surface area contributed by atoms with Crippen molar-refractivity contribution in [3.63, 3.8) is 0 Å². The third kappa shape index (κ3) is 2.71. The minimum Gasteiger partial charge on any atom is -0.340 e. The summed E-state index contributed by atoms with van der Waals surface area (Å²) in [6, 6.07) is 0. The zero-order valence-corrected chi connectivity index (χ0v) is 9.84. The van der Waals surface area contributed by atoms with Crippen LogP contribution in [0.3, 0.4) is 0 Å². The number of hydrogen-bond donors (Lipinski definition) is 0.